The lowest BCUT2D eigenvalue weighted by molar-refractivity contribution is -0.233. The van der Waals surface area contributed by atoms with E-state index in [0.29, 0.717) is 5.56 Å². The van der Waals surface area contributed by atoms with E-state index in [1.54, 1.807) is 42.5 Å². The number of methoxy groups -OCH3 is 1. The van der Waals surface area contributed by atoms with E-state index in [4.69, 9.17) is 13.9 Å². The van der Waals surface area contributed by atoms with Gasteiger partial charge in [0.05, 0.1) is 13.7 Å². The number of ether oxygens (including phenoxy) is 2. The van der Waals surface area contributed by atoms with Crippen molar-refractivity contribution in [1.29, 1.82) is 0 Å². The molecule has 1 unspecified atom stereocenters. The first-order chi connectivity index (χ1) is 12.5. The van der Waals surface area contributed by atoms with Gasteiger partial charge in [-0.3, -0.25) is 0 Å². The number of halogens is 3. The maximum Gasteiger partial charge on any atom is 0.423 e. The minimum absolute atomic E-state index is 0.156. The Kier molecular flexibility index (Phi) is 5.17. The highest BCUT2D eigenvalue weighted by Crippen LogP contribution is 2.36. The van der Waals surface area contributed by atoms with Crippen LogP contribution >= 0.6 is 0 Å². The minimum atomic E-state index is -4.71. The molecule has 0 saturated carbocycles. The van der Waals surface area contributed by atoms with Crippen molar-refractivity contribution in [2.45, 2.75) is 18.9 Å². The van der Waals surface area contributed by atoms with Crippen LogP contribution in [0.1, 0.15) is 17.6 Å². The van der Waals surface area contributed by atoms with Crippen molar-refractivity contribution in [2.24, 2.45) is 0 Å². The molecule has 1 aromatic carbocycles. The third-order valence-electron chi connectivity index (χ3n) is 3.37. The Morgan fingerprint density at radius 3 is 2.50 bits per heavy atom. The van der Waals surface area contributed by atoms with Crippen LogP contribution in [0.4, 0.5) is 13.2 Å². The monoisotopic (exact) mass is 365 g/mol. The van der Waals surface area contributed by atoms with Gasteiger partial charge in [-0.15, -0.1) is 10.2 Å². The summed E-state index contributed by atoms with van der Waals surface area (Å²) in [5.41, 5.74) is 0.794. The van der Waals surface area contributed by atoms with Crippen LogP contribution in [-0.2, 0) is 11.3 Å². The SMILES string of the molecule is COc1cccc(-c2nnc(C(OCc3ccccc3)C(F)(F)F)o2)n1. The molecule has 6 nitrogen and oxygen atoms in total. The summed E-state index contributed by atoms with van der Waals surface area (Å²) in [5, 5.41) is 7.12. The molecule has 0 fully saturated rings. The first kappa shape index (κ1) is 17.9. The van der Waals surface area contributed by atoms with Gasteiger partial charge in [-0.2, -0.15) is 13.2 Å². The smallest absolute Gasteiger partial charge is 0.423 e. The van der Waals surface area contributed by atoms with Crippen LogP contribution in [-0.4, -0.2) is 28.5 Å². The molecule has 9 heteroatoms. The van der Waals surface area contributed by atoms with E-state index < -0.39 is 18.2 Å². The first-order valence-electron chi connectivity index (χ1n) is 7.54. The quantitative estimate of drug-likeness (QED) is 0.659. The van der Waals surface area contributed by atoms with Crippen molar-refractivity contribution >= 4 is 0 Å². The van der Waals surface area contributed by atoms with Crippen molar-refractivity contribution in [3.63, 3.8) is 0 Å². The van der Waals surface area contributed by atoms with E-state index in [1.807, 2.05) is 0 Å². The third kappa shape index (κ3) is 4.17. The molecule has 0 aliphatic rings. The van der Waals surface area contributed by atoms with E-state index in [2.05, 4.69) is 15.2 Å². The zero-order valence-electron chi connectivity index (χ0n) is 13.6. The normalized spacial score (nSPS) is 12.8. The number of aromatic nitrogens is 3. The molecule has 0 aliphatic carbocycles. The number of benzene rings is 1. The molecule has 3 aromatic rings. The molecule has 2 aromatic heterocycles. The summed E-state index contributed by atoms with van der Waals surface area (Å²) in [4.78, 5) is 4.05. The van der Waals surface area contributed by atoms with Crippen LogP contribution < -0.4 is 4.74 Å². The summed E-state index contributed by atoms with van der Waals surface area (Å²) in [7, 11) is 1.42. The first-order valence-corrected chi connectivity index (χ1v) is 7.54. The Hall–Kier alpha value is -2.94. The minimum Gasteiger partial charge on any atom is -0.481 e. The topological polar surface area (TPSA) is 70.3 Å². The van der Waals surface area contributed by atoms with Gasteiger partial charge in [0, 0.05) is 6.07 Å². The lowest BCUT2D eigenvalue weighted by atomic mass is 10.2. The van der Waals surface area contributed by atoms with Crippen molar-refractivity contribution in [2.75, 3.05) is 7.11 Å². The van der Waals surface area contributed by atoms with Crippen LogP contribution in [0.3, 0.4) is 0 Å². The lowest BCUT2D eigenvalue weighted by Gasteiger charge is -2.17. The summed E-state index contributed by atoms with van der Waals surface area (Å²) >= 11 is 0. The number of rotatable bonds is 6. The highest BCUT2D eigenvalue weighted by Gasteiger charge is 2.46. The Morgan fingerprint density at radius 2 is 1.81 bits per heavy atom. The van der Waals surface area contributed by atoms with Gasteiger partial charge in [-0.05, 0) is 11.6 Å². The molecule has 0 radical (unpaired) electrons. The summed E-state index contributed by atoms with van der Waals surface area (Å²) in [6.07, 6.45) is -7.05. The van der Waals surface area contributed by atoms with Gasteiger partial charge in [-0.1, -0.05) is 36.4 Å². The predicted octanol–water partition coefficient (Wildman–Crippen LogP) is 3.96. The molecular weight excluding hydrogens is 351 g/mol. The summed E-state index contributed by atoms with van der Waals surface area (Å²) in [5.74, 6) is -0.570. The molecule has 0 spiro atoms. The molecule has 0 amide bonds. The molecule has 0 aliphatic heterocycles. The van der Waals surface area contributed by atoms with Crippen molar-refractivity contribution in [3.05, 3.63) is 60.0 Å². The Labute approximate surface area is 146 Å². The fraction of sp³-hybridized carbons (Fsp3) is 0.235. The van der Waals surface area contributed by atoms with Crippen LogP contribution in [0.2, 0.25) is 0 Å². The average Bonchev–Trinajstić information content (AvgIpc) is 3.11. The second-order valence-corrected chi connectivity index (χ2v) is 5.23. The van der Waals surface area contributed by atoms with Gasteiger partial charge < -0.3 is 13.9 Å². The standard InChI is InChI=1S/C17H14F3N3O3/c1-24-13-9-5-8-12(21-13)15-22-23-16(26-15)14(17(18,19)20)25-10-11-6-3-2-4-7-11/h2-9,14H,10H2,1H3. The van der Waals surface area contributed by atoms with E-state index >= 15 is 0 Å². The van der Waals surface area contributed by atoms with Crippen molar-refractivity contribution in [3.8, 4) is 17.5 Å². The molecule has 0 N–H and O–H groups in total. The molecule has 0 saturated heterocycles. The van der Waals surface area contributed by atoms with Gasteiger partial charge in [0.25, 0.3) is 11.8 Å². The summed E-state index contributed by atoms with van der Waals surface area (Å²) in [6.45, 7) is -0.250. The van der Waals surface area contributed by atoms with Crippen molar-refractivity contribution in [1.82, 2.24) is 15.2 Å². The number of pyridine rings is 1. The predicted molar refractivity (Wildman–Crippen MR) is 84.1 cm³/mol. The highest BCUT2D eigenvalue weighted by molar-refractivity contribution is 5.47. The van der Waals surface area contributed by atoms with E-state index in [1.165, 1.54) is 13.2 Å². The second-order valence-electron chi connectivity index (χ2n) is 5.23. The number of nitrogens with zero attached hydrogens (tertiary/aromatic N) is 3. The summed E-state index contributed by atoms with van der Waals surface area (Å²) in [6, 6.07) is 13.2. The third-order valence-corrected chi connectivity index (χ3v) is 3.37. The van der Waals surface area contributed by atoms with Crippen LogP contribution in [0.15, 0.2) is 52.9 Å². The zero-order chi connectivity index (χ0) is 18.6. The van der Waals surface area contributed by atoms with E-state index in [9.17, 15) is 13.2 Å². The van der Waals surface area contributed by atoms with Gasteiger partial charge in [-0.25, -0.2) is 4.98 Å². The molecule has 0 bridgehead atoms. The number of hydrogen-bond donors (Lipinski definition) is 0. The highest BCUT2D eigenvalue weighted by atomic mass is 19.4. The molecule has 1 atom stereocenters. The van der Waals surface area contributed by atoms with Crippen LogP contribution in [0.5, 0.6) is 5.88 Å². The maximum atomic E-state index is 13.4. The number of alkyl halides is 3. The van der Waals surface area contributed by atoms with Gasteiger partial charge in [0.1, 0.15) is 5.69 Å². The van der Waals surface area contributed by atoms with Gasteiger partial charge in [0.15, 0.2) is 0 Å². The van der Waals surface area contributed by atoms with E-state index in [-0.39, 0.29) is 24.1 Å². The zero-order valence-corrected chi connectivity index (χ0v) is 13.6. The molecule has 2 heterocycles. The Balaban J connectivity index is 1.82. The summed E-state index contributed by atoms with van der Waals surface area (Å²) < 4.78 is 55.2. The second kappa shape index (κ2) is 7.52. The fourth-order valence-electron chi connectivity index (χ4n) is 2.15. The van der Waals surface area contributed by atoms with Crippen LogP contribution in [0.25, 0.3) is 11.6 Å². The lowest BCUT2D eigenvalue weighted by Crippen LogP contribution is -2.24. The molecule has 136 valence electrons. The largest absolute Gasteiger partial charge is 0.481 e. The van der Waals surface area contributed by atoms with Gasteiger partial charge >= 0.3 is 6.18 Å². The Morgan fingerprint density at radius 1 is 1.04 bits per heavy atom. The maximum absolute atomic E-state index is 13.4. The Bertz CT molecular complexity index is 853. The van der Waals surface area contributed by atoms with Crippen molar-refractivity contribution < 1.29 is 27.1 Å². The molecule has 3 rings (SSSR count). The number of hydrogen-bond acceptors (Lipinski definition) is 6. The average molecular weight is 365 g/mol. The molecule has 26 heavy (non-hydrogen) atoms. The van der Waals surface area contributed by atoms with E-state index in [0.717, 1.165) is 0 Å². The fourth-order valence-corrected chi connectivity index (χ4v) is 2.15. The van der Waals surface area contributed by atoms with Crippen LogP contribution in [0, 0.1) is 0 Å². The molecular formula is C17H14F3N3O3. The van der Waals surface area contributed by atoms with Gasteiger partial charge in [0.2, 0.25) is 12.0 Å².